The molecule has 1 atom stereocenters. The molecule has 1 saturated heterocycles. The number of Topliss-reactive ketones (excluding diaryl/α,β-unsaturated/α-hetero) is 1. The average Bonchev–Trinajstić information content (AvgIpc) is 2.67. The third-order valence-corrected chi connectivity index (χ3v) is 5.50. The molecule has 0 N–H and O–H groups in total. The van der Waals surface area contributed by atoms with Crippen molar-refractivity contribution >= 4 is 5.78 Å². The van der Waals surface area contributed by atoms with Gasteiger partial charge in [0.15, 0.2) is 12.1 Å². The highest BCUT2D eigenvalue weighted by molar-refractivity contribution is 5.81. The first-order valence-electron chi connectivity index (χ1n) is 11.5. The van der Waals surface area contributed by atoms with Gasteiger partial charge in [-0.2, -0.15) is 0 Å². The number of hydrogen-bond acceptors (Lipinski definition) is 4. The maximum absolute atomic E-state index is 11.4. The molecule has 4 heteroatoms. The molecule has 0 radical (unpaired) electrons. The van der Waals surface area contributed by atoms with Gasteiger partial charge in [0.05, 0.1) is 0 Å². The number of rotatable bonds is 17. The van der Waals surface area contributed by atoms with Crippen molar-refractivity contribution in [1.29, 1.82) is 0 Å². The molecule has 160 valence electrons. The van der Waals surface area contributed by atoms with Crippen LogP contribution in [0.1, 0.15) is 111 Å². The molecule has 1 aliphatic rings. The number of hydrogen-bond donors (Lipinski definition) is 0. The molecule has 1 fully saturated rings. The molecule has 1 aliphatic heterocycles. The Balaban J connectivity index is 2.29. The van der Waals surface area contributed by atoms with Gasteiger partial charge in [-0.3, -0.25) is 4.79 Å². The molecular weight excluding hydrogens is 340 g/mol. The lowest BCUT2D eigenvalue weighted by Gasteiger charge is -2.38. The van der Waals surface area contributed by atoms with Crippen molar-refractivity contribution in [2.75, 3.05) is 19.8 Å². The Labute approximate surface area is 167 Å². The van der Waals surface area contributed by atoms with Crippen molar-refractivity contribution in [2.45, 2.75) is 123 Å². The predicted octanol–water partition coefficient (Wildman–Crippen LogP) is 6.20. The fraction of sp³-hybridized carbons (Fsp3) is 0.957. The van der Waals surface area contributed by atoms with E-state index in [1.54, 1.807) is 0 Å². The van der Waals surface area contributed by atoms with Crippen molar-refractivity contribution in [2.24, 2.45) is 0 Å². The molecule has 0 aromatic carbocycles. The third-order valence-electron chi connectivity index (χ3n) is 5.50. The van der Waals surface area contributed by atoms with Gasteiger partial charge in [0.25, 0.3) is 0 Å². The lowest BCUT2D eigenvalue weighted by molar-refractivity contribution is -0.262. The lowest BCUT2D eigenvalue weighted by Crippen LogP contribution is -2.49. The molecule has 4 nitrogen and oxygen atoms in total. The lowest BCUT2D eigenvalue weighted by atomic mass is 9.96. The van der Waals surface area contributed by atoms with E-state index < -0.39 is 11.9 Å². The van der Waals surface area contributed by atoms with Crippen LogP contribution in [-0.2, 0) is 19.0 Å². The number of ether oxygens (including phenoxy) is 3. The minimum Gasteiger partial charge on any atom is -0.370 e. The van der Waals surface area contributed by atoms with Crippen LogP contribution in [0.15, 0.2) is 0 Å². The first-order valence-corrected chi connectivity index (χ1v) is 11.5. The summed E-state index contributed by atoms with van der Waals surface area (Å²) in [4.78, 5) is 11.4. The van der Waals surface area contributed by atoms with Gasteiger partial charge >= 0.3 is 0 Å². The van der Waals surface area contributed by atoms with Crippen LogP contribution in [0, 0.1) is 0 Å². The van der Waals surface area contributed by atoms with Gasteiger partial charge in [0.1, 0.15) is 18.8 Å². The smallest absolute Gasteiger partial charge is 0.187 e. The van der Waals surface area contributed by atoms with E-state index in [1.165, 1.54) is 70.6 Å². The zero-order chi connectivity index (χ0) is 19.8. The van der Waals surface area contributed by atoms with Crippen LogP contribution in [0.4, 0.5) is 0 Å². The molecule has 0 aromatic heterocycles. The normalized spacial score (nSPS) is 18.0. The summed E-state index contributed by atoms with van der Waals surface area (Å²) >= 11 is 0. The minimum atomic E-state index is -0.450. The zero-order valence-electron chi connectivity index (χ0n) is 18.2. The standard InChI is InChI=1S/C23H44O4/c1-4-6-8-10-11-12-14-16-18-27-23(3,17-15-13-9-7-5-2)22-25-19-21(24)20-26-22/h22H,4-20H2,1-3H3. The second-order valence-corrected chi connectivity index (χ2v) is 8.29. The molecule has 0 bridgehead atoms. The van der Waals surface area contributed by atoms with Crippen molar-refractivity contribution in [3.8, 4) is 0 Å². The van der Waals surface area contributed by atoms with Crippen LogP contribution < -0.4 is 0 Å². The Hall–Kier alpha value is -0.450. The molecular formula is C23H44O4. The Morgan fingerprint density at radius 1 is 0.815 bits per heavy atom. The largest absolute Gasteiger partial charge is 0.370 e. The summed E-state index contributed by atoms with van der Waals surface area (Å²) in [7, 11) is 0. The Bertz CT molecular complexity index is 361. The van der Waals surface area contributed by atoms with Gasteiger partial charge < -0.3 is 14.2 Å². The van der Waals surface area contributed by atoms with E-state index in [2.05, 4.69) is 20.8 Å². The monoisotopic (exact) mass is 384 g/mol. The van der Waals surface area contributed by atoms with Crippen LogP contribution in [-0.4, -0.2) is 37.5 Å². The van der Waals surface area contributed by atoms with Gasteiger partial charge in [-0.05, 0) is 19.8 Å². The molecule has 27 heavy (non-hydrogen) atoms. The Morgan fingerprint density at radius 2 is 1.30 bits per heavy atom. The molecule has 0 saturated carbocycles. The SMILES string of the molecule is CCCCCCCCCCOC(C)(CCCCCCC)C1OCC(=O)CO1. The maximum atomic E-state index is 11.4. The van der Waals surface area contributed by atoms with Crippen molar-refractivity contribution in [1.82, 2.24) is 0 Å². The molecule has 1 unspecified atom stereocenters. The van der Waals surface area contributed by atoms with E-state index in [1.807, 2.05) is 0 Å². The summed E-state index contributed by atoms with van der Waals surface area (Å²) in [5, 5.41) is 0. The van der Waals surface area contributed by atoms with E-state index in [-0.39, 0.29) is 19.0 Å². The Kier molecular flexibility index (Phi) is 14.1. The molecule has 1 rings (SSSR count). The van der Waals surface area contributed by atoms with Crippen LogP contribution >= 0.6 is 0 Å². The van der Waals surface area contributed by atoms with Crippen LogP contribution in [0.2, 0.25) is 0 Å². The van der Waals surface area contributed by atoms with Gasteiger partial charge in [0, 0.05) is 6.61 Å². The second kappa shape index (κ2) is 15.5. The van der Waals surface area contributed by atoms with Crippen LogP contribution in [0.3, 0.4) is 0 Å². The third kappa shape index (κ3) is 11.2. The van der Waals surface area contributed by atoms with E-state index in [4.69, 9.17) is 14.2 Å². The van der Waals surface area contributed by atoms with E-state index in [0.29, 0.717) is 0 Å². The van der Waals surface area contributed by atoms with Crippen LogP contribution in [0.25, 0.3) is 0 Å². The second-order valence-electron chi connectivity index (χ2n) is 8.29. The first-order chi connectivity index (χ1) is 13.1. The quantitative estimate of drug-likeness (QED) is 0.280. The fourth-order valence-corrected chi connectivity index (χ4v) is 3.66. The molecule has 0 aromatic rings. The summed E-state index contributed by atoms with van der Waals surface area (Å²) in [6, 6.07) is 0. The summed E-state index contributed by atoms with van der Waals surface area (Å²) in [5.41, 5.74) is -0.450. The van der Waals surface area contributed by atoms with Gasteiger partial charge in [-0.15, -0.1) is 0 Å². The summed E-state index contributed by atoms with van der Waals surface area (Å²) < 4.78 is 17.6. The molecule has 0 aliphatic carbocycles. The summed E-state index contributed by atoms with van der Waals surface area (Å²) in [5.74, 6) is 0.0135. The topological polar surface area (TPSA) is 44.8 Å². The maximum Gasteiger partial charge on any atom is 0.187 e. The Morgan fingerprint density at radius 3 is 1.85 bits per heavy atom. The molecule has 0 spiro atoms. The van der Waals surface area contributed by atoms with E-state index in [0.717, 1.165) is 25.9 Å². The van der Waals surface area contributed by atoms with Gasteiger partial charge in [-0.25, -0.2) is 0 Å². The number of unbranched alkanes of at least 4 members (excludes halogenated alkanes) is 11. The predicted molar refractivity (Wildman–Crippen MR) is 111 cm³/mol. The molecule has 0 amide bonds. The minimum absolute atomic E-state index is 0.0135. The van der Waals surface area contributed by atoms with Crippen molar-refractivity contribution in [3.63, 3.8) is 0 Å². The van der Waals surface area contributed by atoms with Crippen molar-refractivity contribution in [3.05, 3.63) is 0 Å². The summed E-state index contributed by atoms with van der Waals surface area (Å²) in [6.45, 7) is 7.63. The van der Waals surface area contributed by atoms with E-state index >= 15 is 0 Å². The average molecular weight is 385 g/mol. The van der Waals surface area contributed by atoms with Gasteiger partial charge in [0.2, 0.25) is 0 Å². The fourth-order valence-electron chi connectivity index (χ4n) is 3.66. The van der Waals surface area contributed by atoms with Crippen molar-refractivity contribution < 1.29 is 19.0 Å². The number of carbonyl (C=O) groups excluding carboxylic acids is 1. The number of ketones is 1. The highest BCUT2D eigenvalue weighted by Crippen LogP contribution is 2.29. The highest BCUT2D eigenvalue weighted by atomic mass is 16.7. The summed E-state index contributed by atoms with van der Waals surface area (Å²) in [6.07, 6.45) is 17.0. The van der Waals surface area contributed by atoms with Gasteiger partial charge in [-0.1, -0.05) is 90.9 Å². The first kappa shape index (κ1) is 24.6. The van der Waals surface area contributed by atoms with Crippen LogP contribution in [0.5, 0.6) is 0 Å². The highest BCUT2D eigenvalue weighted by Gasteiger charge is 2.39. The van der Waals surface area contributed by atoms with E-state index in [9.17, 15) is 4.79 Å². The number of carbonyl (C=O) groups is 1. The molecule has 1 heterocycles. The zero-order valence-corrected chi connectivity index (χ0v) is 18.2.